The Balaban J connectivity index is 2.76. The number of hydrogen-bond acceptors (Lipinski definition) is 4. The lowest BCUT2D eigenvalue weighted by Crippen LogP contribution is -2.07. The molecule has 1 aromatic rings. The molecule has 0 fully saturated rings. The van der Waals surface area contributed by atoms with Gasteiger partial charge >= 0.3 is 0 Å². The van der Waals surface area contributed by atoms with Gasteiger partial charge in [-0.15, -0.1) is 0 Å². The van der Waals surface area contributed by atoms with Crippen LogP contribution in [0.1, 0.15) is 0 Å². The Hall–Kier alpha value is -1.65. The first-order valence-corrected chi connectivity index (χ1v) is 3.47. The third kappa shape index (κ3) is 2.53. The van der Waals surface area contributed by atoms with Crippen LogP contribution in [0.5, 0.6) is 0 Å². The lowest BCUT2D eigenvalue weighted by atomic mass is 10.6. The van der Waals surface area contributed by atoms with E-state index >= 15 is 0 Å². The van der Waals surface area contributed by atoms with Gasteiger partial charge in [0, 0.05) is 20.3 Å². The highest BCUT2D eigenvalue weighted by molar-refractivity contribution is 5.57. The number of nitrogen functional groups attached to an aromatic ring is 1. The fraction of sp³-hybridized carbons (Fsp3) is 0.286. The second-order valence-corrected chi connectivity index (χ2v) is 2.49. The predicted octanol–water partition coefficient (Wildman–Crippen LogP) is 0.280. The highest BCUT2D eigenvalue weighted by atomic mass is 15.1. The molecule has 0 atom stereocenters. The summed E-state index contributed by atoms with van der Waals surface area (Å²) in [5.74, 6) is 0.805. The van der Waals surface area contributed by atoms with Crippen LogP contribution in [-0.4, -0.2) is 35.3 Å². The monoisotopic (exact) mass is 165 g/mol. The van der Waals surface area contributed by atoms with Crippen molar-refractivity contribution in [3.05, 3.63) is 12.3 Å². The SMILES string of the molecule is CN(C)/C=N/c1nccc(N)n1. The van der Waals surface area contributed by atoms with Crippen LogP contribution in [0.2, 0.25) is 0 Å². The van der Waals surface area contributed by atoms with Crippen molar-refractivity contribution >= 4 is 18.1 Å². The smallest absolute Gasteiger partial charge is 0.252 e. The Morgan fingerprint density at radius 2 is 2.33 bits per heavy atom. The molecular weight excluding hydrogens is 154 g/mol. The summed E-state index contributed by atoms with van der Waals surface area (Å²) in [6.45, 7) is 0. The van der Waals surface area contributed by atoms with Crippen LogP contribution in [0.4, 0.5) is 11.8 Å². The molecule has 5 heteroatoms. The van der Waals surface area contributed by atoms with E-state index in [1.165, 1.54) is 0 Å². The second-order valence-electron chi connectivity index (χ2n) is 2.49. The summed E-state index contributed by atoms with van der Waals surface area (Å²) in [6, 6.07) is 1.62. The molecule has 1 heterocycles. The first-order valence-electron chi connectivity index (χ1n) is 3.47. The molecule has 0 amide bonds. The number of rotatable bonds is 2. The second kappa shape index (κ2) is 3.66. The van der Waals surface area contributed by atoms with Gasteiger partial charge in [0.15, 0.2) is 0 Å². The first-order chi connectivity index (χ1) is 5.68. The maximum absolute atomic E-state index is 5.43. The van der Waals surface area contributed by atoms with Gasteiger partial charge in [-0.05, 0) is 6.07 Å². The number of anilines is 1. The highest BCUT2D eigenvalue weighted by Gasteiger charge is 1.91. The Labute approximate surface area is 71.0 Å². The van der Waals surface area contributed by atoms with Crippen molar-refractivity contribution in [2.75, 3.05) is 19.8 Å². The van der Waals surface area contributed by atoms with Gasteiger partial charge < -0.3 is 10.6 Å². The van der Waals surface area contributed by atoms with Crippen molar-refractivity contribution in [1.29, 1.82) is 0 Å². The molecule has 0 aliphatic rings. The van der Waals surface area contributed by atoms with Crippen molar-refractivity contribution < 1.29 is 0 Å². The van der Waals surface area contributed by atoms with E-state index < -0.39 is 0 Å². The molecule has 5 nitrogen and oxygen atoms in total. The zero-order valence-corrected chi connectivity index (χ0v) is 7.10. The Kier molecular flexibility index (Phi) is 2.57. The fourth-order valence-corrected chi connectivity index (χ4v) is 0.591. The van der Waals surface area contributed by atoms with Gasteiger partial charge in [0.2, 0.25) is 0 Å². The van der Waals surface area contributed by atoms with Crippen LogP contribution in [0, 0.1) is 0 Å². The summed E-state index contributed by atoms with van der Waals surface area (Å²) in [5, 5.41) is 0. The summed E-state index contributed by atoms with van der Waals surface area (Å²) < 4.78 is 0. The summed E-state index contributed by atoms with van der Waals surface area (Å²) in [6.07, 6.45) is 3.19. The van der Waals surface area contributed by atoms with E-state index in [-0.39, 0.29) is 0 Å². The highest BCUT2D eigenvalue weighted by Crippen LogP contribution is 2.03. The van der Waals surface area contributed by atoms with Gasteiger partial charge in [0.1, 0.15) is 5.82 Å². The molecule has 12 heavy (non-hydrogen) atoms. The number of aliphatic imine (C=N–C) groups is 1. The number of nitrogens with zero attached hydrogens (tertiary/aromatic N) is 4. The van der Waals surface area contributed by atoms with Gasteiger partial charge in [-0.1, -0.05) is 0 Å². The summed E-state index contributed by atoms with van der Waals surface area (Å²) in [5.41, 5.74) is 5.43. The number of aromatic nitrogens is 2. The molecule has 2 N–H and O–H groups in total. The number of hydrogen-bond donors (Lipinski definition) is 1. The van der Waals surface area contributed by atoms with E-state index in [1.807, 2.05) is 14.1 Å². The molecule has 0 radical (unpaired) electrons. The summed E-state index contributed by atoms with van der Waals surface area (Å²) in [7, 11) is 3.74. The van der Waals surface area contributed by atoms with E-state index in [0.717, 1.165) is 0 Å². The van der Waals surface area contributed by atoms with Gasteiger partial charge in [-0.3, -0.25) is 0 Å². The average molecular weight is 165 g/mol. The molecular formula is C7H11N5. The van der Waals surface area contributed by atoms with Crippen LogP contribution in [0.15, 0.2) is 17.3 Å². The maximum Gasteiger partial charge on any atom is 0.252 e. The number of nitrogens with two attached hydrogens (primary N) is 1. The van der Waals surface area contributed by atoms with E-state index in [2.05, 4.69) is 15.0 Å². The summed E-state index contributed by atoms with van der Waals surface area (Å²) in [4.78, 5) is 13.5. The average Bonchev–Trinajstić information content (AvgIpc) is 2.01. The van der Waals surface area contributed by atoms with Crippen LogP contribution < -0.4 is 5.73 Å². The van der Waals surface area contributed by atoms with Crippen molar-refractivity contribution in [1.82, 2.24) is 14.9 Å². The Bertz CT molecular complexity index is 281. The zero-order valence-electron chi connectivity index (χ0n) is 7.10. The lowest BCUT2D eigenvalue weighted by Gasteiger charge is -2.00. The largest absolute Gasteiger partial charge is 0.384 e. The Morgan fingerprint density at radius 3 is 2.92 bits per heavy atom. The van der Waals surface area contributed by atoms with E-state index in [0.29, 0.717) is 11.8 Å². The van der Waals surface area contributed by atoms with Crippen molar-refractivity contribution in [2.45, 2.75) is 0 Å². The van der Waals surface area contributed by atoms with Gasteiger partial charge in [-0.2, -0.15) is 4.98 Å². The van der Waals surface area contributed by atoms with Gasteiger partial charge in [0.05, 0.1) is 6.34 Å². The normalized spacial score (nSPS) is 10.5. The molecule has 0 aliphatic carbocycles. The van der Waals surface area contributed by atoms with E-state index in [4.69, 9.17) is 5.73 Å². The molecule has 64 valence electrons. The molecule has 1 aromatic heterocycles. The minimum Gasteiger partial charge on any atom is -0.384 e. The molecule has 0 bridgehead atoms. The zero-order chi connectivity index (χ0) is 8.97. The third-order valence-corrected chi connectivity index (χ3v) is 1.07. The maximum atomic E-state index is 5.43. The van der Waals surface area contributed by atoms with Crippen LogP contribution in [0.3, 0.4) is 0 Å². The molecule has 1 rings (SSSR count). The molecule has 0 unspecified atom stereocenters. The predicted molar refractivity (Wildman–Crippen MR) is 48.3 cm³/mol. The van der Waals surface area contributed by atoms with Crippen LogP contribution in [-0.2, 0) is 0 Å². The minimum absolute atomic E-state index is 0.378. The molecule has 0 aromatic carbocycles. The lowest BCUT2D eigenvalue weighted by molar-refractivity contribution is 0.642. The van der Waals surface area contributed by atoms with Crippen LogP contribution >= 0.6 is 0 Å². The van der Waals surface area contributed by atoms with Gasteiger partial charge in [0.25, 0.3) is 5.95 Å². The van der Waals surface area contributed by atoms with E-state index in [1.54, 1.807) is 23.5 Å². The summed E-state index contributed by atoms with van der Waals surface area (Å²) >= 11 is 0. The molecule has 0 spiro atoms. The first kappa shape index (κ1) is 8.45. The van der Waals surface area contributed by atoms with Crippen molar-refractivity contribution in [3.8, 4) is 0 Å². The van der Waals surface area contributed by atoms with Crippen molar-refractivity contribution in [3.63, 3.8) is 0 Å². The Morgan fingerprint density at radius 1 is 1.58 bits per heavy atom. The minimum atomic E-state index is 0.378. The third-order valence-electron chi connectivity index (χ3n) is 1.07. The van der Waals surface area contributed by atoms with Crippen molar-refractivity contribution in [2.24, 2.45) is 4.99 Å². The molecule has 0 aliphatic heterocycles. The van der Waals surface area contributed by atoms with E-state index in [9.17, 15) is 0 Å². The fourth-order valence-electron chi connectivity index (χ4n) is 0.591. The standard InChI is InChI=1S/C7H11N5/c1-12(2)5-10-7-9-4-3-6(8)11-7/h3-5H,1-2H3,(H2,8,9,11)/b10-5+. The van der Waals surface area contributed by atoms with Gasteiger partial charge in [-0.25, -0.2) is 9.98 Å². The molecule has 0 saturated carbocycles. The van der Waals surface area contributed by atoms with Crippen LogP contribution in [0.25, 0.3) is 0 Å². The quantitative estimate of drug-likeness (QED) is 0.505. The topological polar surface area (TPSA) is 67.4 Å². The molecule has 0 saturated heterocycles.